The van der Waals surface area contributed by atoms with Gasteiger partial charge in [-0.2, -0.15) is 0 Å². The van der Waals surface area contributed by atoms with Crippen molar-refractivity contribution in [3.8, 4) is 5.75 Å². The van der Waals surface area contributed by atoms with Crippen LogP contribution >= 0.6 is 0 Å². The summed E-state index contributed by atoms with van der Waals surface area (Å²) in [5.74, 6) is 0.105. The van der Waals surface area contributed by atoms with E-state index >= 15 is 0 Å². The Morgan fingerprint density at radius 1 is 1.23 bits per heavy atom. The van der Waals surface area contributed by atoms with Gasteiger partial charge < -0.3 is 14.7 Å². The Morgan fingerprint density at radius 2 is 1.96 bits per heavy atom. The van der Waals surface area contributed by atoms with Crippen LogP contribution in [-0.4, -0.2) is 47.2 Å². The second-order valence-corrected chi connectivity index (χ2v) is 6.16. The fourth-order valence-corrected chi connectivity index (χ4v) is 3.02. The van der Waals surface area contributed by atoms with Crippen molar-refractivity contribution in [2.75, 3.05) is 19.6 Å². The Hall–Kier alpha value is -2.47. The smallest absolute Gasteiger partial charge is 0.290 e. The Kier molecular flexibility index (Phi) is 8.55. The standard InChI is InChI=1S/C19H23FN2O.CH2O2/c20-18-7-1-2-8-19(18)23-17-9-13-22(14-10-17)12-4-6-16-5-3-11-21-15-16;2-1-3/h1-3,5,7-8,11,15,17H,4,6,9-10,12-14H2;1H,(H,2,3). The summed E-state index contributed by atoms with van der Waals surface area (Å²) >= 11 is 0. The van der Waals surface area contributed by atoms with E-state index in [0.717, 1.165) is 45.3 Å². The molecule has 0 atom stereocenters. The van der Waals surface area contributed by atoms with Crippen molar-refractivity contribution in [3.05, 3.63) is 60.2 Å². The molecule has 0 spiro atoms. The van der Waals surface area contributed by atoms with Crippen molar-refractivity contribution >= 4 is 6.47 Å². The number of carboxylic acid groups (broad SMARTS) is 1. The van der Waals surface area contributed by atoms with Gasteiger partial charge in [0.1, 0.15) is 6.10 Å². The molecule has 1 fully saturated rings. The minimum atomic E-state index is -0.272. The van der Waals surface area contributed by atoms with Crippen LogP contribution in [0.1, 0.15) is 24.8 Å². The fraction of sp³-hybridized carbons (Fsp3) is 0.400. The summed E-state index contributed by atoms with van der Waals surface area (Å²) in [4.78, 5) is 15.0. The summed E-state index contributed by atoms with van der Waals surface area (Å²) in [5.41, 5.74) is 1.30. The van der Waals surface area contributed by atoms with Gasteiger partial charge in [-0.15, -0.1) is 0 Å². The zero-order chi connectivity index (χ0) is 18.6. The maximum absolute atomic E-state index is 13.6. The lowest BCUT2D eigenvalue weighted by molar-refractivity contribution is -0.122. The number of carbonyl (C=O) groups is 1. The number of likely N-dealkylation sites (tertiary alicyclic amines) is 1. The molecular weight excluding hydrogens is 335 g/mol. The summed E-state index contributed by atoms with van der Waals surface area (Å²) in [7, 11) is 0. The Bertz CT molecular complexity index is 647. The molecule has 0 unspecified atom stereocenters. The van der Waals surface area contributed by atoms with Crippen molar-refractivity contribution in [1.82, 2.24) is 9.88 Å². The zero-order valence-corrected chi connectivity index (χ0v) is 14.8. The van der Waals surface area contributed by atoms with E-state index in [1.165, 1.54) is 11.6 Å². The molecule has 1 aromatic heterocycles. The Balaban J connectivity index is 0.000000758. The number of rotatable bonds is 6. The van der Waals surface area contributed by atoms with Gasteiger partial charge in [0.15, 0.2) is 11.6 Å². The first-order valence-corrected chi connectivity index (χ1v) is 8.83. The van der Waals surface area contributed by atoms with Gasteiger partial charge in [-0.05, 0) is 56.0 Å². The molecule has 140 valence electrons. The van der Waals surface area contributed by atoms with Crippen LogP contribution in [0.2, 0.25) is 0 Å². The molecule has 2 heterocycles. The van der Waals surface area contributed by atoms with Gasteiger partial charge in [-0.3, -0.25) is 9.78 Å². The highest BCUT2D eigenvalue weighted by molar-refractivity contribution is 5.32. The van der Waals surface area contributed by atoms with Gasteiger partial charge in [0.25, 0.3) is 6.47 Å². The first kappa shape index (κ1) is 19.8. The van der Waals surface area contributed by atoms with E-state index in [0.29, 0.717) is 5.75 Å². The van der Waals surface area contributed by atoms with E-state index in [-0.39, 0.29) is 18.4 Å². The van der Waals surface area contributed by atoms with Crippen molar-refractivity contribution < 1.29 is 19.0 Å². The molecule has 0 radical (unpaired) electrons. The number of hydrogen-bond acceptors (Lipinski definition) is 4. The summed E-state index contributed by atoms with van der Waals surface area (Å²) in [6.07, 6.45) is 8.01. The first-order valence-electron chi connectivity index (χ1n) is 8.83. The molecule has 1 saturated heterocycles. The number of pyridine rings is 1. The van der Waals surface area contributed by atoms with E-state index in [4.69, 9.17) is 14.6 Å². The van der Waals surface area contributed by atoms with E-state index in [2.05, 4.69) is 16.0 Å². The first-order chi connectivity index (χ1) is 12.7. The predicted molar refractivity (Wildman–Crippen MR) is 97.7 cm³/mol. The van der Waals surface area contributed by atoms with Gasteiger partial charge in [-0.1, -0.05) is 18.2 Å². The molecule has 6 heteroatoms. The number of halogens is 1. The highest BCUT2D eigenvalue weighted by Gasteiger charge is 2.21. The van der Waals surface area contributed by atoms with Crippen molar-refractivity contribution in [1.29, 1.82) is 0 Å². The number of nitrogens with zero attached hydrogens (tertiary/aromatic N) is 2. The molecule has 1 aliphatic heterocycles. The number of piperidine rings is 1. The molecule has 3 rings (SSSR count). The highest BCUT2D eigenvalue weighted by atomic mass is 19.1. The lowest BCUT2D eigenvalue weighted by atomic mass is 10.1. The normalized spacial score (nSPS) is 15.0. The quantitative estimate of drug-likeness (QED) is 0.800. The summed E-state index contributed by atoms with van der Waals surface area (Å²) in [6, 6.07) is 10.8. The molecule has 0 amide bonds. The monoisotopic (exact) mass is 360 g/mol. The molecule has 5 nitrogen and oxygen atoms in total. The van der Waals surface area contributed by atoms with Crippen LogP contribution < -0.4 is 4.74 Å². The molecule has 1 aliphatic rings. The molecule has 0 aliphatic carbocycles. The fourth-order valence-electron chi connectivity index (χ4n) is 3.02. The third-order valence-electron chi connectivity index (χ3n) is 4.33. The van der Waals surface area contributed by atoms with Crippen LogP contribution in [0.3, 0.4) is 0 Å². The van der Waals surface area contributed by atoms with Crippen LogP contribution in [0.4, 0.5) is 4.39 Å². The van der Waals surface area contributed by atoms with Crippen LogP contribution in [0.15, 0.2) is 48.8 Å². The highest BCUT2D eigenvalue weighted by Crippen LogP contribution is 2.21. The third-order valence-corrected chi connectivity index (χ3v) is 4.33. The van der Waals surface area contributed by atoms with Crippen molar-refractivity contribution in [2.45, 2.75) is 31.8 Å². The molecular formula is C20H25FN2O3. The number of para-hydroxylation sites is 1. The van der Waals surface area contributed by atoms with Gasteiger partial charge in [0, 0.05) is 25.5 Å². The minimum absolute atomic E-state index is 0.126. The van der Waals surface area contributed by atoms with Crippen molar-refractivity contribution in [3.63, 3.8) is 0 Å². The summed E-state index contributed by atoms with van der Waals surface area (Å²) in [6.45, 7) is 2.89. The molecule has 1 aromatic carbocycles. The molecule has 1 N–H and O–H groups in total. The SMILES string of the molecule is Fc1ccccc1OC1CCN(CCCc2cccnc2)CC1.O=CO. The maximum Gasteiger partial charge on any atom is 0.290 e. The van der Waals surface area contributed by atoms with Gasteiger partial charge >= 0.3 is 0 Å². The predicted octanol–water partition coefficient (Wildman–Crippen LogP) is 3.40. The molecule has 0 saturated carbocycles. The van der Waals surface area contributed by atoms with Crippen LogP contribution in [0.5, 0.6) is 5.75 Å². The van der Waals surface area contributed by atoms with Crippen LogP contribution in [-0.2, 0) is 11.2 Å². The lowest BCUT2D eigenvalue weighted by Gasteiger charge is -2.32. The molecule has 0 bridgehead atoms. The Morgan fingerprint density at radius 3 is 2.62 bits per heavy atom. The average molecular weight is 360 g/mol. The molecule has 2 aromatic rings. The zero-order valence-electron chi connectivity index (χ0n) is 14.8. The van der Waals surface area contributed by atoms with Crippen LogP contribution in [0.25, 0.3) is 0 Å². The lowest BCUT2D eigenvalue weighted by Crippen LogP contribution is -2.38. The topological polar surface area (TPSA) is 62.7 Å². The number of ether oxygens (including phenoxy) is 1. The van der Waals surface area contributed by atoms with E-state index in [9.17, 15) is 4.39 Å². The summed E-state index contributed by atoms with van der Waals surface area (Å²) in [5, 5.41) is 6.89. The maximum atomic E-state index is 13.6. The van der Waals surface area contributed by atoms with Crippen molar-refractivity contribution in [2.24, 2.45) is 0 Å². The number of hydrogen-bond donors (Lipinski definition) is 1. The number of aryl methyl sites for hydroxylation is 1. The van der Waals surface area contributed by atoms with Gasteiger partial charge in [0.05, 0.1) is 0 Å². The summed E-state index contributed by atoms with van der Waals surface area (Å²) < 4.78 is 19.4. The Labute approximate surface area is 153 Å². The van der Waals surface area contributed by atoms with Gasteiger partial charge in [0.2, 0.25) is 0 Å². The second-order valence-electron chi connectivity index (χ2n) is 6.16. The minimum Gasteiger partial charge on any atom is -0.487 e. The molecule has 26 heavy (non-hydrogen) atoms. The number of benzene rings is 1. The largest absolute Gasteiger partial charge is 0.487 e. The second kappa shape index (κ2) is 11.2. The van der Waals surface area contributed by atoms with E-state index in [1.807, 2.05) is 24.5 Å². The average Bonchev–Trinajstić information content (AvgIpc) is 2.67. The van der Waals surface area contributed by atoms with E-state index in [1.54, 1.807) is 12.1 Å². The number of aromatic nitrogens is 1. The van der Waals surface area contributed by atoms with Crippen LogP contribution in [0, 0.1) is 5.82 Å². The third kappa shape index (κ3) is 6.80. The van der Waals surface area contributed by atoms with E-state index < -0.39 is 0 Å². The van der Waals surface area contributed by atoms with Gasteiger partial charge in [-0.25, -0.2) is 4.39 Å².